The summed E-state index contributed by atoms with van der Waals surface area (Å²) < 4.78 is 0. The molecule has 2 fully saturated rings. The highest BCUT2D eigenvalue weighted by Crippen LogP contribution is 2.30. The van der Waals surface area contributed by atoms with Crippen molar-refractivity contribution < 1.29 is 0 Å². The molecule has 1 N–H and O–H groups in total. The van der Waals surface area contributed by atoms with Gasteiger partial charge in [-0.1, -0.05) is 27.2 Å². The second kappa shape index (κ2) is 6.19. The molecule has 0 aromatic rings. The molecule has 3 atom stereocenters. The SMILES string of the molecule is CCNC1CCCC1CN1CCC(C(C)C)C1. The molecule has 17 heavy (non-hydrogen) atoms. The molecule has 1 heterocycles. The van der Waals surface area contributed by atoms with Crippen LogP contribution in [0.2, 0.25) is 0 Å². The van der Waals surface area contributed by atoms with Crippen LogP contribution >= 0.6 is 0 Å². The van der Waals surface area contributed by atoms with Gasteiger partial charge in [0.2, 0.25) is 0 Å². The minimum absolute atomic E-state index is 0.804. The highest BCUT2D eigenvalue weighted by molar-refractivity contribution is 4.87. The van der Waals surface area contributed by atoms with E-state index in [1.807, 2.05) is 0 Å². The van der Waals surface area contributed by atoms with Crippen LogP contribution in [0.1, 0.15) is 46.5 Å². The van der Waals surface area contributed by atoms with Gasteiger partial charge in [0, 0.05) is 19.1 Å². The molecule has 0 amide bonds. The largest absolute Gasteiger partial charge is 0.314 e. The standard InChI is InChI=1S/C15H30N2/c1-4-16-15-7-5-6-14(15)11-17-9-8-13(10-17)12(2)3/h12-16H,4-11H2,1-3H3. The molecule has 100 valence electrons. The van der Waals surface area contributed by atoms with Crippen LogP contribution in [0.3, 0.4) is 0 Å². The van der Waals surface area contributed by atoms with E-state index >= 15 is 0 Å². The summed E-state index contributed by atoms with van der Waals surface area (Å²) in [7, 11) is 0. The molecule has 0 aromatic heterocycles. The molecule has 3 unspecified atom stereocenters. The zero-order valence-electron chi connectivity index (χ0n) is 11.9. The van der Waals surface area contributed by atoms with E-state index in [0.717, 1.165) is 30.3 Å². The van der Waals surface area contributed by atoms with Crippen LogP contribution in [-0.4, -0.2) is 37.1 Å². The van der Waals surface area contributed by atoms with Crippen LogP contribution in [0.25, 0.3) is 0 Å². The molecule has 0 radical (unpaired) electrons. The van der Waals surface area contributed by atoms with Gasteiger partial charge in [0.25, 0.3) is 0 Å². The van der Waals surface area contributed by atoms with Crippen molar-refractivity contribution in [2.75, 3.05) is 26.2 Å². The molecule has 1 aliphatic carbocycles. The number of nitrogens with zero attached hydrogens (tertiary/aromatic N) is 1. The van der Waals surface area contributed by atoms with Crippen molar-refractivity contribution in [2.24, 2.45) is 17.8 Å². The van der Waals surface area contributed by atoms with Crippen molar-refractivity contribution in [1.29, 1.82) is 0 Å². The summed E-state index contributed by atoms with van der Waals surface area (Å²) >= 11 is 0. The van der Waals surface area contributed by atoms with Crippen molar-refractivity contribution >= 4 is 0 Å². The summed E-state index contributed by atoms with van der Waals surface area (Å²) in [5.74, 6) is 2.74. The third-order valence-electron chi connectivity index (χ3n) is 4.87. The van der Waals surface area contributed by atoms with Gasteiger partial charge in [-0.3, -0.25) is 0 Å². The second-order valence-corrected chi connectivity index (χ2v) is 6.41. The molecule has 0 aromatic carbocycles. The summed E-state index contributed by atoms with van der Waals surface area (Å²) in [5.41, 5.74) is 0. The van der Waals surface area contributed by atoms with Gasteiger partial charge in [-0.25, -0.2) is 0 Å². The Kier molecular flexibility index (Phi) is 4.87. The second-order valence-electron chi connectivity index (χ2n) is 6.41. The summed E-state index contributed by atoms with van der Waals surface area (Å²) in [5, 5.41) is 3.68. The summed E-state index contributed by atoms with van der Waals surface area (Å²) in [6, 6.07) is 0.804. The first-order valence-corrected chi connectivity index (χ1v) is 7.66. The Morgan fingerprint density at radius 1 is 1.24 bits per heavy atom. The van der Waals surface area contributed by atoms with E-state index in [1.54, 1.807) is 0 Å². The molecule has 1 saturated carbocycles. The molecule has 0 spiro atoms. The smallest absolute Gasteiger partial charge is 0.0107 e. The third kappa shape index (κ3) is 3.45. The average Bonchev–Trinajstić information content (AvgIpc) is 2.90. The minimum atomic E-state index is 0.804. The monoisotopic (exact) mass is 238 g/mol. The van der Waals surface area contributed by atoms with Crippen molar-refractivity contribution in [3.05, 3.63) is 0 Å². The van der Waals surface area contributed by atoms with Crippen LogP contribution in [0.4, 0.5) is 0 Å². The topological polar surface area (TPSA) is 15.3 Å². The van der Waals surface area contributed by atoms with E-state index < -0.39 is 0 Å². The lowest BCUT2D eigenvalue weighted by molar-refractivity contribution is 0.238. The Balaban J connectivity index is 1.77. The quantitative estimate of drug-likeness (QED) is 0.792. The lowest BCUT2D eigenvalue weighted by Gasteiger charge is -2.26. The fourth-order valence-electron chi connectivity index (χ4n) is 3.69. The summed E-state index contributed by atoms with van der Waals surface area (Å²) in [6.07, 6.45) is 5.71. The predicted octanol–water partition coefficient (Wildman–Crippen LogP) is 2.74. The molecule has 2 aliphatic rings. The molecule has 1 saturated heterocycles. The maximum absolute atomic E-state index is 3.68. The predicted molar refractivity (Wildman–Crippen MR) is 74.2 cm³/mol. The van der Waals surface area contributed by atoms with Gasteiger partial charge >= 0.3 is 0 Å². The van der Waals surface area contributed by atoms with Crippen LogP contribution in [0, 0.1) is 17.8 Å². The van der Waals surface area contributed by atoms with Gasteiger partial charge in [-0.2, -0.15) is 0 Å². The fourth-order valence-corrected chi connectivity index (χ4v) is 3.69. The number of likely N-dealkylation sites (tertiary alicyclic amines) is 1. The summed E-state index contributed by atoms with van der Waals surface area (Å²) in [6.45, 7) is 12.2. The Hall–Kier alpha value is -0.0800. The third-order valence-corrected chi connectivity index (χ3v) is 4.87. The van der Waals surface area contributed by atoms with E-state index in [9.17, 15) is 0 Å². The van der Waals surface area contributed by atoms with Gasteiger partial charge in [-0.15, -0.1) is 0 Å². The van der Waals surface area contributed by atoms with Crippen LogP contribution in [0.5, 0.6) is 0 Å². The fraction of sp³-hybridized carbons (Fsp3) is 1.00. The number of hydrogen-bond donors (Lipinski definition) is 1. The first-order valence-electron chi connectivity index (χ1n) is 7.66. The van der Waals surface area contributed by atoms with Gasteiger partial charge in [-0.05, 0) is 50.1 Å². The zero-order chi connectivity index (χ0) is 12.3. The molecular weight excluding hydrogens is 208 g/mol. The van der Waals surface area contributed by atoms with Crippen LogP contribution in [0.15, 0.2) is 0 Å². The average molecular weight is 238 g/mol. The summed E-state index contributed by atoms with van der Waals surface area (Å²) in [4.78, 5) is 2.73. The minimum Gasteiger partial charge on any atom is -0.314 e. The lowest BCUT2D eigenvalue weighted by Crippen LogP contribution is -2.38. The molecule has 2 nitrogen and oxygen atoms in total. The van der Waals surface area contributed by atoms with Crippen molar-refractivity contribution in [3.8, 4) is 0 Å². The molecule has 1 aliphatic heterocycles. The van der Waals surface area contributed by atoms with Crippen molar-refractivity contribution in [2.45, 2.75) is 52.5 Å². The van der Waals surface area contributed by atoms with E-state index in [2.05, 4.69) is 31.0 Å². The first kappa shape index (κ1) is 13.4. The van der Waals surface area contributed by atoms with E-state index in [0.29, 0.717) is 0 Å². The van der Waals surface area contributed by atoms with Crippen molar-refractivity contribution in [3.63, 3.8) is 0 Å². The van der Waals surface area contributed by atoms with Gasteiger partial charge < -0.3 is 10.2 Å². The van der Waals surface area contributed by atoms with Gasteiger partial charge in [0.1, 0.15) is 0 Å². The maximum Gasteiger partial charge on any atom is 0.0107 e. The van der Waals surface area contributed by atoms with Gasteiger partial charge in [0.05, 0.1) is 0 Å². The highest BCUT2D eigenvalue weighted by atomic mass is 15.2. The molecular formula is C15H30N2. The number of nitrogens with one attached hydrogen (secondary N) is 1. The Labute approximate surface area is 107 Å². The van der Waals surface area contributed by atoms with Gasteiger partial charge in [0.15, 0.2) is 0 Å². The molecule has 0 bridgehead atoms. The highest BCUT2D eigenvalue weighted by Gasteiger charge is 2.31. The molecule has 2 heteroatoms. The van der Waals surface area contributed by atoms with E-state index in [1.165, 1.54) is 45.3 Å². The van der Waals surface area contributed by atoms with E-state index in [4.69, 9.17) is 0 Å². The Morgan fingerprint density at radius 2 is 2.06 bits per heavy atom. The maximum atomic E-state index is 3.68. The molecule has 2 rings (SSSR count). The lowest BCUT2D eigenvalue weighted by atomic mass is 9.95. The zero-order valence-corrected chi connectivity index (χ0v) is 11.9. The first-order chi connectivity index (χ1) is 8.20. The Bertz CT molecular complexity index is 227. The van der Waals surface area contributed by atoms with Crippen molar-refractivity contribution in [1.82, 2.24) is 10.2 Å². The van der Waals surface area contributed by atoms with Crippen LogP contribution in [-0.2, 0) is 0 Å². The number of hydrogen-bond acceptors (Lipinski definition) is 2. The normalized spacial score (nSPS) is 34.9. The van der Waals surface area contributed by atoms with E-state index in [-0.39, 0.29) is 0 Å². The Morgan fingerprint density at radius 3 is 2.71 bits per heavy atom. The number of rotatable bonds is 5. The van der Waals surface area contributed by atoms with Crippen LogP contribution < -0.4 is 5.32 Å².